The molecule has 1 aromatic carbocycles. The summed E-state index contributed by atoms with van der Waals surface area (Å²) in [6.45, 7) is 2.76. The van der Waals surface area contributed by atoms with E-state index in [1.54, 1.807) is 6.20 Å². The number of hydrogen-bond acceptors (Lipinski definition) is 5. The van der Waals surface area contributed by atoms with Crippen LogP contribution in [0.1, 0.15) is 12.1 Å². The second kappa shape index (κ2) is 8.31. The van der Waals surface area contributed by atoms with E-state index >= 15 is 0 Å². The van der Waals surface area contributed by atoms with Crippen LogP contribution in [0.4, 0.5) is 5.69 Å². The monoisotopic (exact) mass is 378 g/mol. The Morgan fingerprint density at radius 2 is 2.04 bits per heavy atom. The number of rotatable bonds is 6. The molecule has 1 saturated heterocycles. The minimum absolute atomic E-state index is 0.0334. The van der Waals surface area contributed by atoms with Crippen molar-refractivity contribution in [1.29, 1.82) is 0 Å². The molecule has 27 heavy (non-hydrogen) atoms. The first-order chi connectivity index (χ1) is 13.3. The minimum atomic E-state index is 0.0334. The third-order valence-corrected chi connectivity index (χ3v) is 5.69. The number of anilines is 1. The molecule has 3 aromatic rings. The lowest BCUT2D eigenvalue weighted by molar-refractivity contribution is -0.120. The number of hydrogen-bond donors (Lipinski definition) is 1. The number of nitrogens with one attached hydrogen (secondary N) is 1. The highest BCUT2D eigenvalue weighted by molar-refractivity contribution is 7.13. The zero-order valence-electron chi connectivity index (χ0n) is 15.0. The number of nitrogens with zero attached hydrogens (tertiary/aromatic N) is 3. The molecular weight excluding hydrogens is 356 g/mol. The second-order valence-corrected chi connectivity index (χ2v) is 7.63. The Labute approximate surface area is 163 Å². The molecule has 4 rings (SSSR count). The van der Waals surface area contributed by atoms with Gasteiger partial charge in [-0.3, -0.25) is 9.78 Å². The molecule has 2 aromatic heterocycles. The molecule has 1 unspecified atom stereocenters. The average molecular weight is 379 g/mol. The van der Waals surface area contributed by atoms with Gasteiger partial charge in [-0.2, -0.15) is 0 Å². The molecule has 1 N–H and O–H groups in total. The molecular formula is C21H22N4OS. The molecule has 0 aliphatic carbocycles. The molecule has 0 radical (unpaired) electrons. The standard InChI is InChI=1S/C21H22N4OS/c26-20(12-17-15-27-21(24-17)19-8-4-5-10-22-19)23-13-16-9-11-25(14-16)18-6-2-1-3-7-18/h1-8,10,15-16H,9,11-14H2,(H,23,26). The summed E-state index contributed by atoms with van der Waals surface area (Å²) in [4.78, 5) is 23.5. The summed E-state index contributed by atoms with van der Waals surface area (Å²) in [5.74, 6) is 0.528. The lowest BCUT2D eigenvalue weighted by atomic mass is 10.1. The number of carbonyl (C=O) groups excluding carboxylic acids is 1. The smallest absolute Gasteiger partial charge is 0.226 e. The van der Waals surface area contributed by atoms with Crippen LogP contribution in [0.25, 0.3) is 10.7 Å². The number of aromatic nitrogens is 2. The molecule has 0 saturated carbocycles. The van der Waals surface area contributed by atoms with Crippen LogP contribution in [0.2, 0.25) is 0 Å². The van der Waals surface area contributed by atoms with Gasteiger partial charge in [-0.15, -0.1) is 11.3 Å². The topological polar surface area (TPSA) is 58.1 Å². The Hall–Kier alpha value is -2.73. The van der Waals surface area contributed by atoms with E-state index in [-0.39, 0.29) is 5.91 Å². The first-order valence-electron chi connectivity index (χ1n) is 9.20. The molecule has 1 amide bonds. The van der Waals surface area contributed by atoms with E-state index in [1.807, 2.05) is 29.6 Å². The Morgan fingerprint density at radius 3 is 2.85 bits per heavy atom. The van der Waals surface area contributed by atoms with Gasteiger partial charge >= 0.3 is 0 Å². The Balaban J connectivity index is 1.25. The third-order valence-electron chi connectivity index (χ3n) is 4.77. The van der Waals surface area contributed by atoms with Gasteiger partial charge in [0.15, 0.2) is 0 Å². The predicted molar refractivity (Wildman–Crippen MR) is 109 cm³/mol. The fourth-order valence-corrected chi connectivity index (χ4v) is 4.15. The van der Waals surface area contributed by atoms with Crippen molar-refractivity contribution in [3.8, 4) is 10.7 Å². The first kappa shape index (κ1) is 17.7. The molecule has 0 bridgehead atoms. The van der Waals surface area contributed by atoms with E-state index in [1.165, 1.54) is 17.0 Å². The molecule has 1 aliphatic rings. The summed E-state index contributed by atoms with van der Waals surface area (Å²) in [7, 11) is 0. The van der Waals surface area contributed by atoms with Crippen molar-refractivity contribution in [2.24, 2.45) is 5.92 Å². The number of pyridine rings is 1. The molecule has 1 fully saturated rings. The maximum absolute atomic E-state index is 12.3. The Kier molecular flexibility index (Phi) is 5.44. The van der Waals surface area contributed by atoms with Gasteiger partial charge in [0.2, 0.25) is 5.91 Å². The van der Waals surface area contributed by atoms with E-state index in [4.69, 9.17) is 0 Å². The average Bonchev–Trinajstić information content (AvgIpc) is 3.37. The van der Waals surface area contributed by atoms with Crippen molar-refractivity contribution in [1.82, 2.24) is 15.3 Å². The predicted octanol–water partition coefficient (Wildman–Crippen LogP) is 3.39. The zero-order valence-corrected chi connectivity index (χ0v) is 15.9. The first-order valence-corrected chi connectivity index (χ1v) is 10.1. The molecule has 0 spiro atoms. The van der Waals surface area contributed by atoms with Crippen LogP contribution in [0.3, 0.4) is 0 Å². The molecule has 1 aliphatic heterocycles. The Morgan fingerprint density at radius 1 is 1.19 bits per heavy atom. The van der Waals surface area contributed by atoms with E-state index < -0.39 is 0 Å². The SMILES string of the molecule is O=C(Cc1csc(-c2ccccn2)n1)NCC1CCN(c2ccccc2)C1. The van der Waals surface area contributed by atoms with Gasteiger partial charge in [-0.05, 0) is 36.6 Å². The van der Waals surface area contributed by atoms with Crippen molar-refractivity contribution in [3.05, 3.63) is 65.8 Å². The molecule has 5 nitrogen and oxygen atoms in total. The number of para-hydroxylation sites is 1. The quantitative estimate of drug-likeness (QED) is 0.714. The summed E-state index contributed by atoms with van der Waals surface area (Å²) >= 11 is 1.53. The van der Waals surface area contributed by atoms with Crippen molar-refractivity contribution in [2.45, 2.75) is 12.8 Å². The van der Waals surface area contributed by atoms with Crippen LogP contribution < -0.4 is 10.2 Å². The van der Waals surface area contributed by atoms with Gasteiger partial charge in [-0.25, -0.2) is 4.98 Å². The highest BCUT2D eigenvalue weighted by Crippen LogP contribution is 2.23. The van der Waals surface area contributed by atoms with E-state index in [0.29, 0.717) is 12.3 Å². The Bertz CT molecular complexity index is 881. The summed E-state index contributed by atoms with van der Waals surface area (Å²) in [6, 6.07) is 16.2. The fourth-order valence-electron chi connectivity index (χ4n) is 3.35. The summed E-state index contributed by atoms with van der Waals surface area (Å²) in [6.07, 6.45) is 3.18. The number of benzene rings is 1. The summed E-state index contributed by atoms with van der Waals surface area (Å²) < 4.78 is 0. The van der Waals surface area contributed by atoms with Crippen LogP contribution in [0.15, 0.2) is 60.1 Å². The lowest BCUT2D eigenvalue weighted by Gasteiger charge is -2.18. The van der Waals surface area contributed by atoms with Crippen LogP contribution in [-0.2, 0) is 11.2 Å². The molecule has 6 heteroatoms. The zero-order chi connectivity index (χ0) is 18.5. The number of carbonyl (C=O) groups is 1. The van der Waals surface area contributed by atoms with Crippen LogP contribution in [-0.4, -0.2) is 35.5 Å². The van der Waals surface area contributed by atoms with Gasteiger partial charge in [0.05, 0.1) is 17.8 Å². The normalized spacial score (nSPS) is 16.4. The van der Waals surface area contributed by atoms with E-state index in [0.717, 1.165) is 42.5 Å². The molecule has 138 valence electrons. The molecule has 1 atom stereocenters. The fraction of sp³-hybridized carbons (Fsp3) is 0.286. The van der Waals surface area contributed by atoms with Crippen molar-refractivity contribution in [2.75, 3.05) is 24.5 Å². The van der Waals surface area contributed by atoms with Gasteiger partial charge in [0, 0.05) is 36.9 Å². The van der Waals surface area contributed by atoms with Gasteiger partial charge in [-0.1, -0.05) is 24.3 Å². The van der Waals surface area contributed by atoms with Crippen molar-refractivity contribution >= 4 is 22.9 Å². The van der Waals surface area contributed by atoms with Crippen molar-refractivity contribution in [3.63, 3.8) is 0 Å². The summed E-state index contributed by atoms with van der Waals surface area (Å²) in [5, 5.41) is 5.87. The number of amides is 1. The number of thiazole rings is 1. The largest absolute Gasteiger partial charge is 0.371 e. The third kappa shape index (κ3) is 4.52. The minimum Gasteiger partial charge on any atom is -0.371 e. The van der Waals surface area contributed by atoms with Crippen molar-refractivity contribution < 1.29 is 4.79 Å². The lowest BCUT2D eigenvalue weighted by Crippen LogP contribution is -2.32. The van der Waals surface area contributed by atoms with E-state index in [9.17, 15) is 4.79 Å². The maximum Gasteiger partial charge on any atom is 0.226 e. The van der Waals surface area contributed by atoms with Gasteiger partial charge < -0.3 is 10.2 Å². The summed E-state index contributed by atoms with van der Waals surface area (Å²) in [5.41, 5.74) is 2.91. The van der Waals surface area contributed by atoms with Gasteiger partial charge in [0.1, 0.15) is 5.01 Å². The molecule has 3 heterocycles. The van der Waals surface area contributed by atoms with Gasteiger partial charge in [0.25, 0.3) is 0 Å². The van der Waals surface area contributed by atoms with Crippen LogP contribution in [0, 0.1) is 5.92 Å². The highest BCUT2D eigenvalue weighted by atomic mass is 32.1. The highest BCUT2D eigenvalue weighted by Gasteiger charge is 2.23. The maximum atomic E-state index is 12.3. The van der Waals surface area contributed by atoms with Crippen LogP contribution >= 0.6 is 11.3 Å². The van der Waals surface area contributed by atoms with Crippen LogP contribution in [0.5, 0.6) is 0 Å². The van der Waals surface area contributed by atoms with E-state index in [2.05, 4.69) is 44.5 Å². The second-order valence-electron chi connectivity index (χ2n) is 6.78.